The molecular weight excluding hydrogens is 616 g/mol. The van der Waals surface area contributed by atoms with E-state index >= 15 is 0 Å². The lowest BCUT2D eigenvalue weighted by atomic mass is 9.86. The van der Waals surface area contributed by atoms with Crippen LogP contribution in [0.3, 0.4) is 0 Å². The molecule has 1 aromatic heterocycles. The largest absolute Gasteiger partial charge is 0.378 e. The first kappa shape index (κ1) is 35.5. The van der Waals surface area contributed by atoms with Crippen molar-refractivity contribution in [2.45, 2.75) is 59.0 Å². The van der Waals surface area contributed by atoms with Crippen molar-refractivity contribution in [2.75, 3.05) is 44.0 Å². The average molecular weight is 665 g/mol. The van der Waals surface area contributed by atoms with E-state index in [1.54, 1.807) is 13.2 Å². The van der Waals surface area contributed by atoms with Gasteiger partial charge in [0.25, 0.3) is 11.5 Å². The van der Waals surface area contributed by atoms with Crippen molar-refractivity contribution in [1.82, 2.24) is 19.4 Å². The lowest BCUT2D eigenvalue weighted by molar-refractivity contribution is -0.141. The predicted molar refractivity (Wildman–Crippen MR) is 196 cm³/mol. The number of hydrogen-bond donors (Lipinski definition) is 2. The van der Waals surface area contributed by atoms with E-state index in [4.69, 9.17) is 9.72 Å². The fourth-order valence-corrected chi connectivity index (χ4v) is 5.87. The van der Waals surface area contributed by atoms with E-state index in [1.807, 2.05) is 85.6 Å². The Morgan fingerprint density at radius 1 is 0.959 bits per heavy atom. The minimum absolute atomic E-state index is 0.00300. The number of amides is 2. The quantitative estimate of drug-likeness (QED) is 0.217. The fraction of sp³-hybridized carbons (Fsp3) is 0.385. The standard InChI is InChI=1S/C39H48N6O4/c1-25(2)44(8)34(37(47)45-20-22-49-23-21-45)27-14-18-30(19-15-27)40-35-38(48)43(7)24-33(41-35)31-10-9-11-32(26(31)3)42-36(46)28-12-16-29(17-13-28)39(4,5)6/h9-19,24-25,34H,20-23H2,1-8H3,(H,40,41)(H,42,46). The van der Waals surface area contributed by atoms with Crippen LogP contribution in [0.4, 0.5) is 17.2 Å². The van der Waals surface area contributed by atoms with Gasteiger partial charge in [0.1, 0.15) is 6.04 Å². The van der Waals surface area contributed by atoms with Crippen LogP contribution in [0.5, 0.6) is 0 Å². The molecule has 1 aliphatic heterocycles. The second-order valence-corrected chi connectivity index (χ2v) is 14.0. The molecule has 4 aromatic rings. The van der Waals surface area contributed by atoms with Crippen LogP contribution in [-0.4, -0.2) is 70.6 Å². The van der Waals surface area contributed by atoms with Gasteiger partial charge in [0.05, 0.1) is 18.9 Å². The van der Waals surface area contributed by atoms with Gasteiger partial charge >= 0.3 is 0 Å². The van der Waals surface area contributed by atoms with Crippen molar-refractivity contribution < 1.29 is 14.3 Å². The summed E-state index contributed by atoms with van der Waals surface area (Å²) in [6.07, 6.45) is 1.69. The molecule has 2 N–H and O–H groups in total. The van der Waals surface area contributed by atoms with Crippen LogP contribution >= 0.6 is 0 Å². The van der Waals surface area contributed by atoms with Gasteiger partial charge in [0.2, 0.25) is 5.91 Å². The molecule has 49 heavy (non-hydrogen) atoms. The van der Waals surface area contributed by atoms with Crippen molar-refractivity contribution in [3.63, 3.8) is 0 Å². The molecule has 0 aliphatic carbocycles. The summed E-state index contributed by atoms with van der Waals surface area (Å²) < 4.78 is 6.96. The summed E-state index contributed by atoms with van der Waals surface area (Å²) in [5.41, 5.74) is 5.84. The van der Waals surface area contributed by atoms with Crippen LogP contribution in [0.15, 0.2) is 77.7 Å². The van der Waals surface area contributed by atoms with E-state index in [9.17, 15) is 14.4 Å². The molecule has 2 amide bonds. The number of likely N-dealkylation sites (N-methyl/N-ethyl adjacent to an activating group) is 1. The molecule has 0 bridgehead atoms. The first-order valence-electron chi connectivity index (χ1n) is 16.8. The molecule has 258 valence electrons. The van der Waals surface area contributed by atoms with Gasteiger partial charge in [-0.15, -0.1) is 0 Å². The Hall–Kier alpha value is -4.80. The lowest BCUT2D eigenvalue weighted by Gasteiger charge is -2.36. The smallest absolute Gasteiger partial charge is 0.293 e. The first-order valence-corrected chi connectivity index (χ1v) is 16.8. The molecule has 0 spiro atoms. The molecule has 2 heterocycles. The summed E-state index contributed by atoms with van der Waals surface area (Å²) in [7, 11) is 3.65. The van der Waals surface area contributed by atoms with Crippen LogP contribution in [0.2, 0.25) is 0 Å². The topological polar surface area (TPSA) is 109 Å². The molecule has 10 nitrogen and oxygen atoms in total. The van der Waals surface area contributed by atoms with Gasteiger partial charge in [0.15, 0.2) is 5.82 Å². The zero-order chi connectivity index (χ0) is 35.5. The van der Waals surface area contributed by atoms with Crippen molar-refractivity contribution in [3.05, 3.63) is 106 Å². The number of morpholine rings is 1. The molecule has 1 fully saturated rings. The molecule has 10 heteroatoms. The number of aromatic nitrogens is 2. The van der Waals surface area contributed by atoms with Gasteiger partial charge in [-0.2, -0.15) is 0 Å². The Labute approximate surface area is 289 Å². The fourth-order valence-electron chi connectivity index (χ4n) is 5.87. The number of anilines is 3. The summed E-state index contributed by atoms with van der Waals surface area (Å²) in [6.45, 7) is 14.7. The van der Waals surface area contributed by atoms with E-state index in [0.29, 0.717) is 48.9 Å². The number of rotatable bonds is 9. The van der Waals surface area contributed by atoms with Gasteiger partial charge in [-0.3, -0.25) is 19.3 Å². The second kappa shape index (κ2) is 14.8. The SMILES string of the molecule is Cc1c(NC(=O)c2ccc(C(C)(C)C)cc2)cccc1-c1cn(C)c(=O)c(Nc2ccc(C(C(=O)N3CCOCC3)N(C)C(C)C)cc2)n1. The van der Waals surface area contributed by atoms with Gasteiger partial charge < -0.3 is 24.8 Å². The van der Waals surface area contributed by atoms with E-state index in [2.05, 4.69) is 50.2 Å². The molecule has 1 atom stereocenters. The maximum atomic E-state index is 13.6. The third-order valence-corrected chi connectivity index (χ3v) is 9.21. The summed E-state index contributed by atoms with van der Waals surface area (Å²) in [5.74, 6) is 0.0184. The van der Waals surface area contributed by atoms with Crippen LogP contribution in [0.25, 0.3) is 11.3 Å². The maximum Gasteiger partial charge on any atom is 0.293 e. The maximum absolute atomic E-state index is 13.6. The number of nitrogens with zero attached hydrogens (tertiary/aromatic N) is 4. The van der Waals surface area contributed by atoms with Crippen molar-refractivity contribution in [3.8, 4) is 11.3 Å². The predicted octanol–water partition coefficient (Wildman–Crippen LogP) is 6.29. The lowest BCUT2D eigenvalue weighted by Crippen LogP contribution is -2.48. The molecule has 5 rings (SSSR count). The zero-order valence-corrected chi connectivity index (χ0v) is 29.8. The van der Waals surface area contributed by atoms with E-state index in [1.165, 1.54) is 4.57 Å². The minimum Gasteiger partial charge on any atom is -0.378 e. The van der Waals surface area contributed by atoms with Crippen molar-refractivity contribution in [2.24, 2.45) is 7.05 Å². The molecule has 3 aromatic carbocycles. The van der Waals surface area contributed by atoms with Gasteiger partial charge in [0, 0.05) is 54.9 Å². The van der Waals surface area contributed by atoms with Crippen LogP contribution in [-0.2, 0) is 22.0 Å². The van der Waals surface area contributed by atoms with E-state index < -0.39 is 6.04 Å². The molecule has 0 radical (unpaired) electrons. The Kier molecular flexibility index (Phi) is 10.7. The third-order valence-electron chi connectivity index (χ3n) is 9.21. The highest BCUT2D eigenvalue weighted by Crippen LogP contribution is 2.30. The Morgan fingerprint density at radius 3 is 2.22 bits per heavy atom. The van der Waals surface area contributed by atoms with Crippen molar-refractivity contribution in [1.29, 1.82) is 0 Å². The Balaban J connectivity index is 1.37. The number of benzene rings is 3. The normalized spacial score (nSPS) is 14.2. The van der Waals surface area contributed by atoms with Gasteiger partial charge in [-0.25, -0.2) is 4.98 Å². The summed E-state index contributed by atoms with van der Waals surface area (Å²) in [4.78, 5) is 48.7. The van der Waals surface area contributed by atoms with E-state index in [0.717, 1.165) is 22.3 Å². The second-order valence-electron chi connectivity index (χ2n) is 14.0. The summed E-state index contributed by atoms with van der Waals surface area (Å²) >= 11 is 0. The molecular formula is C39H48N6O4. The van der Waals surface area contributed by atoms with E-state index in [-0.39, 0.29) is 34.6 Å². The highest BCUT2D eigenvalue weighted by atomic mass is 16.5. The Morgan fingerprint density at radius 2 is 1.61 bits per heavy atom. The van der Waals surface area contributed by atoms with Gasteiger partial charge in [-0.1, -0.05) is 57.2 Å². The highest BCUT2D eigenvalue weighted by molar-refractivity contribution is 6.05. The summed E-state index contributed by atoms with van der Waals surface area (Å²) in [6, 6.07) is 20.6. The summed E-state index contributed by atoms with van der Waals surface area (Å²) in [5, 5.41) is 6.24. The average Bonchev–Trinajstić information content (AvgIpc) is 3.08. The van der Waals surface area contributed by atoms with Crippen LogP contribution in [0.1, 0.15) is 67.7 Å². The molecule has 1 unspecified atom stereocenters. The first-order chi connectivity index (χ1) is 23.2. The number of nitrogens with one attached hydrogen (secondary N) is 2. The van der Waals surface area contributed by atoms with Crippen molar-refractivity contribution >= 4 is 29.0 Å². The molecule has 0 saturated carbocycles. The minimum atomic E-state index is -0.444. The number of ether oxygens (including phenoxy) is 1. The number of carbonyl (C=O) groups is 2. The number of aryl methyl sites for hydroxylation is 1. The highest BCUT2D eigenvalue weighted by Gasteiger charge is 2.31. The molecule has 1 saturated heterocycles. The monoisotopic (exact) mass is 664 g/mol. The van der Waals surface area contributed by atoms with Crippen LogP contribution < -0.4 is 16.2 Å². The molecule has 1 aliphatic rings. The number of hydrogen-bond acceptors (Lipinski definition) is 7. The Bertz CT molecular complexity index is 1850. The van der Waals surface area contributed by atoms with Crippen LogP contribution in [0, 0.1) is 6.92 Å². The number of carbonyl (C=O) groups excluding carboxylic acids is 2. The zero-order valence-electron chi connectivity index (χ0n) is 29.8. The third kappa shape index (κ3) is 8.09. The van der Waals surface area contributed by atoms with Gasteiger partial charge in [-0.05, 0) is 80.3 Å².